The second kappa shape index (κ2) is 6.92. The number of hydrogen-bond donors (Lipinski definition) is 2. The number of carboxylic acids is 1. The Hall–Kier alpha value is -1.06. The van der Waals surface area contributed by atoms with Crippen LogP contribution in [-0.4, -0.2) is 22.5 Å². The van der Waals surface area contributed by atoms with E-state index in [9.17, 15) is 9.59 Å². The van der Waals surface area contributed by atoms with Gasteiger partial charge in [0.2, 0.25) is 5.91 Å². The minimum Gasteiger partial charge on any atom is -0.481 e. The highest BCUT2D eigenvalue weighted by atomic mass is 16.4. The summed E-state index contributed by atoms with van der Waals surface area (Å²) in [5, 5.41) is 11.8. The summed E-state index contributed by atoms with van der Waals surface area (Å²) < 4.78 is 0. The van der Waals surface area contributed by atoms with Gasteiger partial charge in [0, 0.05) is 12.0 Å². The van der Waals surface area contributed by atoms with Crippen molar-refractivity contribution in [2.45, 2.75) is 72.8 Å². The Morgan fingerprint density at radius 2 is 1.68 bits per heavy atom. The number of rotatable bonds is 7. The summed E-state index contributed by atoms with van der Waals surface area (Å²) in [7, 11) is 0. The van der Waals surface area contributed by atoms with Gasteiger partial charge >= 0.3 is 5.97 Å². The van der Waals surface area contributed by atoms with Crippen LogP contribution in [-0.2, 0) is 9.59 Å². The van der Waals surface area contributed by atoms with E-state index in [0.717, 1.165) is 12.8 Å². The third-order valence-corrected chi connectivity index (χ3v) is 3.55. The van der Waals surface area contributed by atoms with E-state index in [1.807, 2.05) is 13.8 Å². The Labute approximate surface area is 117 Å². The fourth-order valence-corrected chi connectivity index (χ4v) is 1.87. The predicted molar refractivity (Wildman–Crippen MR) is 76.9 cm³/mol. The van der Waals surface area contributed by atoms with Gasteiger partial charge in [-0.15, -0.1) is 0 Å². The van der Waals surface area contributed by atoms with Crippen molar-refractivity contribution < 1.29 is 14.7 Å². The first kappa shape index (κ1) is 17.9. The first-order valence-corrected chi connectivity index (χ1v) is 6.99. The van der Waals surface area contributed by atoms with E-state index in [1.54, 1.807) is 6.92 Å². The molecule has 0 spiro atoms. The Morgan fingerprint density at radius 3 is 2.05 bits per heavy atom. The van der Waals surface area contributed by atoms with Gasteiger partial charge in [0.25, 0.3) is 0 Å². The molecule has 4 heteroatoms. The van der Waals surface area contributed by atoms with E-state index in [-0.39, 0.29) is 23.7 Å². The highest BCUT2D eigenvalue weighted by Crippen LogP contribution is 2.23. The molecule has 0 saturated heterocycles. The van der Waals surface area contributed by atoms with E-state index in [0.29, 0.717) is 6.42 Å². The molecule has 0 aliphatic heterocycles. The summed E-state index contributed by atoms with van der Waals surface area (Å²) in [5.74, 6) is -0.858. The average Bonchev–Trinajstić information content (AvgIpc) is 2.12. The molecule has 0 bridgehead atoms. The van der Waals surface area contributed by atoms with Crippen molar-refractivity contribution >= 4 is 11.9 Å². The third-order valence-electron chi connectivity index (χ3n) is 3.55. The minimum absolute atomic E-state index is 0.0460. The maximum atomic E-state index is 11.9. The quantitative estimate of drug-likeness (QED) is 0.747. The zero-order chi connectivity index (χ0) is 15.3. The second-order valence-corrected chi connectivity index (χ2v) is 7.11. The lowest BCUT2D eigenvalue weighted by atomic mass is 9.84. The minimum atomic E-state index is -0.883. The van der Waals surface area contributed by atoms with Crippen molar-refractivity contribution in [2.75, 3.05) is 0 Å². The molecule has 0 rings (SSSR count). The van der Waals surface area contributed by atoms with Crippen molar-refractivity contribution in [3.8, 4) is 0 Å². The molecule has 0 aromatic heterocycles. The molecule has 1 unspecified atom stereocenters. The number of hydrogen-bond acceptors (Lipinski definition) is 2. The van der Waals surface area contributed by atoms with Crippen molar-refractivity contribution in [1.29, 1.82) is 0 Å². The summed E-state index contributed by atoms with van der Waals surface area (Å²) in [4.78, 5) is 22.8. The second-order valence-electron chi connectivity index (χ2n) is 7.11. The van der Waals surface area contributed by atoms with Crippen LogP contribution in [0.4, 0.5) is 0 Å². The first-order chi connectivity index (χ1) is 8.46. The summed E-state index contributed by atoms with van der Waals surface area (Å²) in [6.07, 6.45) is 2.23. The maximum absolute atomic E-state index is 11.9. The van der Waals surface area contributed by atoms with Gasteiger partial charge in [0.15, 0.2) is 0 Å². The van der Waals surface area contributed by atoms with E-state index in [4.69, 9.17) is 5.11 Å². The van der Waals surface area contributed by atoms with Gasteiger partial charge in [0.1, 0.15) is 0 Å². The average molecular weight is 271 g/mol. The van der Waals surface area contributed by atoms with E-state index in [2.05, 4.69) is 26.1 Å². The van der Waals surface area contributed by atoms with Gasteiger partial charge < -0.3 is 10.4 Å². The normalized spacial score (nSPS) is 15.1. The fourth-order valence-electron chi connectivity index (χ4n) is 1.87. The van der Waals surface area contributed by atoms with Crippen molar-refractivity contribution in [3.05, 3.63) is 0 Å². The number of nitrogens with one attached hydrogen (secondary N) is 1. The number of carboxylic acid groups (broad SMARTS) is 1. The molecule has 1 atom stereocenters. The predicted octanol–water partition coefficient (Wildman–Crippen LogP) is 3.21. The zero-order valence-corrected chi connectivity index (χ0v) is 13.2. The van der Waals surface area contributed by atoms with Crippen LogP contribution in [0.3, 0.4) is 0 Å². The largest absolute Gasteiger partial charge is 0.481 e. The van der Waals surface area contributed by atoms with Crippen molar-refractivity contribution in [3.63, 3.8) is 0 Å². The molecule has 0 aliphatic carbocycles. The van der Waals surface area contributed by atoms with Crippen LogP contribution in [0, 0.1) is 11.3 Å². The SMILES string of the molecule is CC(C)C(C)(CC(=O)O)NC(=O)CCCC(C)(C)C. The van der Waals surface area contributed by atoms with E-state index < -0.39 is 11.5 Å². The summed E-state index contributed by atoms with van der Waals surface area (Å²) >= 11 is 0. The van der Waals surface area contributed by atoms with Gasteiger partial charge in [-0.3, -0.25) is 9.59 Å². The molecule has 112 valence electrons. The summed E-state index contributed by atoms with van der Waals surface area (Å²) in [6.45, 7) is 12.1. The Morgan fingerprint density at radius 1 is 1.16 bits per heavy atom. The maximum Gasteiger partial charge on any atom is 0.305 e. The lowest BCUT2D eigenvalue weighted by Gasteiger charge is -2.33. The molecule has 0 aromatic carbocycles. The molecular formula is C15H29NO3. The fraction of sp³-hybridized carbons (Fsp3) is 0.867. The van der Waals surface area contributed by atoms with Crippen molar-refractivity contribution in [2.24, 2.45) is 11.3 Å². The topological polar surface area (TPSA) is 66.4 Å². The highest BCUT2D eigenvalue weighted by molar-refractivity contribution is 5.78. The van der Waals surface area contributed by atoms with Crippen LogP contribution in [0.1, 0.15) is 67.2 Å². The van der Waals surface area contributed by atoms with E-state index in [1.165, 1.54) is 0 Å². The smallest absolute Gasteiger partial charge is 0.305 e. The van der Waals surface area contributed by atoms with Gasteiger partial charge in [-0.2, -0.15) is 0 Å². The summed E-state index contributed by atoms with van der Waals surface area (Å²) in [5.41, 5.74) is -0.451. The molecule has 0 aromatic rings. The highest BCUT2D eigenvalue weighted by Gasteiger charge is 2.32. The number of carbonyl (C=O) groups is 2. The van der Waals surface area contributed by atoms with Crippen LogP contribution in [0.25, 0.3) is 0 Å². The van der Waals surface area contributed by atoms with Gasteiger partial charge in [-0.05, 0) is 31.1 Å². The molecule has 0 fully saturated rings. The zero-order valence-electron chi connectivity index (χ0n) is 13.2. The lowest BCUT2D eigenvalue weighted by Crippen LogP contribution is -2.51. The van der Waals surface area contributed by atoms with Crippen LogP contribution >= 0.6 is 0 Å². The van der Waals surface area contributed by atoms with Crippen LogP contribution < -0.4 is 5.32 Å². The molecule has 19 heavy (non-hydrogen) atoms. The van der Waals surface area contributed by atoms with Crippen LogP contribution in [0.15, 0.2) is 0 Å². The lowest BCUT2D eigenvalue weighted by molar-refractivity contribution is -0.139. The van der Waals surface area contributed by atoms with Gasteiger partial charge in [0.05, 0.1) is 6.42 Å². The monoisotopic (exact) mass is 271 g/mol. The van der Waals surface area contributed by atoms with Crippen molar-refractivity contribution in [1.82, 2.24) is 5.32 Å². The molecular weight excluding hydrogens is 242 g/mol. The standard InChI is InChI=1S/C15H29NO3/c1-11(2)15(6,10-13(18)19)16-12(17)8-7-9-14(3,4)5/h11H,7-10H2,1-6H3,(H,16,17)(H,18,19). The van der Waals surface area contributed by atoms with Crippen LogP contribution in [0.2, 0.25) is 0 Å². The Bertz CT molecular complexity index is 318. The van der Waals surface area contributed by atoms with E-state index >= 15 is 0 Å². The first-order valence-electron chi connectivity index (χ1n) is 6.99. The molecule has 0 saturated carbocycles. The third kappa shape index (κ3) is 7.85. The molecule has 2 N–H and O–H groups in total. The summed E-state index contributed by atoms with van der Waals surface area (Å²) in [6, 6.07) is 0. The molecule has 0 radical (unpaired) electrons. The Balaban J connectivity index is 4.37. The van der Waals surface area contributed by atoms with Gasteiger partial charge in [-0.25, -0.2) is 0 Å². The number of amides is 1. The number of aliphatic carboxylic acids is 1. The number of carbonyl (C=O) groups excluding carboxylic acids is 1. The molecule has 1 amide bonds. The Kier molecular flexibility index (Phi) is 6.53. The van der Waals surface area contributed by atoms with Gasteiger partial charge in [-0.1, -0.05) is 34.6 Å². The molecule has 0 heterocycles. The molecule has 0 aliphatic rings. The molecule has 4 nitrogen and oxygen atoms in total. The van der Waals surface area contributed by atoms with Crippen LogP contribution in [0.5, 0.6) is 0 Å².